The van der Waals surface area contributed by atoms with E-state index in [1.54, 1.807) is 23.3 Å². The number of carbonyl (C=O) groups is 1. The number of hydrogen-bond donors (Lipinski definition) is 1. The minimum atomic E-state index is -0.177. The number of pyridine rings is 1. The van der Waals surface area contributed by atoms with Crippen LogP contribution in [0, 0.1) is 0 Å². The van der Waals surface area contributed by atoms with Gasteiger partial charge in [-0.3, -0.25) is 9.48 Å². The molecule has 8 heteroatoms. The standard InChI is InChI=1S/C19H19N7O/c1-25-17(22-12-24-25)7-8-20-19(27)15-9-16-18(21-10-15)26(13-23-16)11-14-5-3-2-4-6-14/h2-6,9-10,12-13H,7-8,11H2,1H3,(H,20,27). The molecule has 3 aromatic heterocycles. The average molecular weight is 361 g/mol. The van der Waals surface area contributed by atoms with Crippen molar-refractivity contribution in [3.63, 3.8) is 0 Å². The van der Waals surface area contributed by atoms with E-state index in [2.05, 4.69) is 37.5 Å². The first-order chi connectivity index (χ1) is 13.2. The van der Waals surface area contributed by atoms with Crippen LogP contribution in [0.2, 0.25) is 0 Å². The van der Waals surface area contributed by atoms with E-state index in [0.717, 1.165) is 11.5 Å². The molecular weight excluding hydrogens is 342 g/mol. The third kappa shape index (κ3) is 3.69. The van der Waals surface area contributed by atoms with Gasteiger partial charge >= 0.3 is 0 Å². The summed E-state index contributed by atoms with van der Waals surface area (Å²) in [5.41, 5.74) is 3.12. The second kappa shape index (κ2) is 7.36. The Labute approximate surface area is 155 Å². The fraction of sp³-hybridized carbons (Fsp3) is 0.211. The lowest BCUT2D eigenvalue weighted by Gasteiger charge is -2.06. The Morgan fingerprint density at radius 2 is 2.00 bits per heavy atom. The zero-order valence-electron chi connectivity index (χ0n) is 14.9. The van der Waals surface area contributed by atoms with Gasteiger partial charge in [0.25, 0.3) is 5.91 Å². The molecule has 0 radical (unpaired) electrons. The van der Waals surface area contributed by atoms with E-state index in [-0.39, 0.29) is 5.91 Å². The predicted octanol–water partition coefficient (Wildman–Crippen LogP) is 1.58. The van der Waals surface area contributed by atoms with Gasteiger partial charge in [-0.25, -0.2) is 15.0 Å². The van der Waals surface area contributed by atoms with Crippen LogP contribution < -0.4 is 5.32 Å². The topological polar surface area (TPSA) is 90.5 Å². The number of benzene rings is 1. The summed E-state index contributed by atoms with van der Waals surface area (Å²) < 4.78 is 3.67. The average Bonchev–Trinajstić information content (AvgIpc) is 3.28. The van der Waals surface area contributed by atoms with Gasteiger partial charge in [0, 0.05) is 26.2 Å². The second-order valence-electron chi connectivity index (χ2n) is 6.23. The second-order valence-corrected chi connectivity index (χ2v) is 6.23. The molecule has 0 bridgehead atoms. The number of carbonyl (C=O) groups excluding carboxylic acids is 1. The fourth-order valence-corrected chi connectivity index (χ4v) is 2.91. The molecule has 0 atom stereocenters. The summed E-state index contributed by atoms with van der Waals surface area (Å²) in [6.07, 6.45) is 5.45. The summed E-state index contributed by atoms with van der Waals surface area (Å²) in [5, 5.41) is 6.89. The molecule has 136 valence electrons. The van der Waals surface area contributed by atoms with Crippen LogP contribution >= 0.6 is 0 Å². The molecular formula is C19H19N7O. The van der Waals surface area contributed by atoms with Crippen molar-refractivity contribution in [2.75, 3.05) is 6.54 Å². The fourth-order valence-electron chi connectivity index (χ4n) is 2.91. The number of fused-ring (bicyclic) bond motifs is 1. The predicted molar refractivity (Wildman–Crippen MR) is 100 cm³/mol. The first-order valence-corrected chi connectivity index (χ1v) is 8.66. The summed E-state index contributed by atoms with van der Waals surface area (Å²) in [6, 6.07) is 11.9. The lowest BCUT2D eigenvalue weighted by atomic mass is 10.2. The molecule has 1 aromatic carbocycles. The molecule has 0 unspecified atom stereocenters. The van der Waals surface area contributed by atoms with E-state index >= 15 is 0 Å². The van der Waals surface area contributed by atoms with Crippen molar-refractivity contribution in [2.45, 2.75) is 13.0 Å². The molecule has 0 aliphatic carbocycles. The van der Waals surface area contributed by atoms with Crippen LogP contribution in [0.3, 0.4) is 0 Å². The normalized spacial score (nSPS) is 11.0. The third-order valence-corrected chi connectivity index (χ3v) is 4.35. The molecule has 0 fully saturated rings. The summed E-state index contributed by atoms with van der Waals surface area (Å²) >= 11 is 0. The number of nitrogens with zero attached hydrogens (tertiary/aromatic N) is 6. The van der Waals surface area contributed by atoms with E-state index in [9.17, 15) is 4.79 Å². The van der Waals surface area contributed by atoms with Crippen molar-refractivity contribution in [2.24, 2.45) is 7.05 Å². The number of rotatable bonds is 6. The highest BCUT2D eigenvalue weighted by Gasteiger charge is 2.11. The highest BCUT2D eigenvalue weighted by atomic mass is 16.1. The zero-order chi connectivity index (χ0) is 18.6. The van der Waals surface area contributed by atoms with Gasteiger partial charge in [-0.15, -0.1) is 0 Å². The van der Waals surface area contributed by atoms with E-state index in [1.807, 2.05) is 29.8 Å². The van der Waals surface area contributed by atoms with Gasteiger partial charge in [0.15, 0.2) is 5.65 Å². The molecule has 0 saturated carbocycles. The highest BCUT2D eigenvalue weighted by molar-refractivity contribution is 5.96. The zero-order valence-corrected chi connectivity index (χ0v) is 14.9. The minimum Gasteiger partial charge on any atom is -0.352 e. The van der Waals surface area contributed by atoms with Gasteiger partial charge in [-0.2, -0.15) is 5.10 Å². The van der Waals surface area contributed by atoms with Crippen LogP contribution in [0.4, 0.5) is 0 Å². The maximum absolute atomic E-state index is 12.4. The molecule has 1 amide bonds. The Kier molecular flexibility index (Phi) is 4.61. The molecule has 3 heterocycles. The van der Waals surface area contributed by atoms with E-state index in [4.69, 9.17) is 0 Å². The maximum atomic E-state index is 12.4. The van der Waals surface area contributed by atoms with Crippen LogP contribution in [0.1, 0.15) is 21.7 Å². The first kappa shape index (κ1) is 16.9. The number of aromatic nitrogens is 6. The summed E-state index contributed by atoms with van der Waals surface area (Å²) in [5.74, 6) is 0.646. The molecule has 0 aliphatic heterocycles. The Morgan fingerprint density at radius 1 is 1.15 bits per heavy atom. The van der Waals surface area contributed by atoms with Crippen LogP contribution in [0.25, 0.3) is 11.2 Å². The maximum Gasteiger partial charge on any atom is 0.252 e. The van der Waals surface area contributed by atoms with Gasteiger partial charge in [-0.1, -0.05) is 30.3 Å². The third-order valence-electron chi connectivity index (χ3n) is 4.35. The summed E-state index contributed by atoms with van der Waals surface area (Å²) in [4.78, 5) is 25.3. The van der Waals surface area contributed by atoms with E-state index in [0.29, 0.717) is 30.6 Å². The summed E-state index contributed by atoms with van der Waals surface area (Å²) in [6.45, 7) is 1.17. The van der Waals surface area contributed by atoms with Crippen molar-refractivity contribution in [1.29, 1.82) is 0 Å². The van der Waals surface area contributed by atoms with E-state index in [1.165, 1.54) is 11.9 Å². The highest BCUT2D eigenvalue weighted by Crippen LogP contribution is 2.14. The number of hydrogen-bond acceptors (Lipinski definition) is 5. The minimum absolute atomic E-state index is 0.177. The Balaban J connectivity index is 1.44. The quantitative estimate of drug-likeness (QED) is 0.563. The SMILES string of the molecule is Cn1ncnc1CCNC(=O)c1cnc2c(c1)ncn2Cc1ccccc1. The molecule has 0 spiro atoms. The van der Waals surface area contributed by atoms with Crippen molar-refractivity contribution >= 4 is 17.1 Å². The first-order valence-electron chi connectivity index (χ1n) is 8.66. The number of imidazole rings is 1. The number of aryl methyl sites for hydroxylation is 1. The smallest absolute Gasteiger partial charge is 0.252 e. The van der Waals surface area contributed by atoms with Crippen LogP contribution in [0.5, 0.6) is 0 Å². The lowest BCUT2D eigenvalue weighted by Crippen LogP contribution is -2.26. The monoisotopic (exact) mass is 361 g/mol. The van der Waals surface area contributed by atoms with Gasteiger partial charge in [0.1, 0.15) is 17.7 Å². The molecule has 0 aliphatic rings. The number of amides is 1. The molecule has 27 heavy (non-hydrogen) atoms. The Morgan fingerprint density at radius 3 is 2.78 bits per heavy atom. The van der Waals surface area contributed by atoms with Crippen molar-refractivity contribution < 1.29 is 4.79 Å². The van der Waals surface area contributed by atoms with Crippen LogP contribution in [-0.4, -0.2) is 41.8 Å². The van der Waals surface area contributed by atoms with Gasteiger partial charge in [0.05, 0.1) is 18.4 Å². The largest absolute Gasteiger partial charge is 0.352 e. The van der Waals surface area contributed by atoms with Gasteiger partial charge in [0.2, 0.25) is 0 Å². The van der Waals surface area contributed by atoms with Crippen molar-refractivity contribution in [3.8, 4) is 0 Å². The van der Waals surface area contributed by atoms with Crippen LogP contribution in [0.15, 0.2) is 55.2 Å². The molecule has 1 N–H and O–H groups in total. The molecule has 4 aromatic rings. The summed E-state index contributed by atoms with van der Waals surface area (Å²) in [7, 11) is 1.83. The van der Waals surface area contributed by atoms with E-state index < -0.39 is 0 Å². The lowest BCUT2D eigenvalue weighted by molar-refractivity contribution is 0.0953. The van der Waals surface area contributed by atoms with Gasteiger partial charge < -0.3 is 9.88 Å². The molecule has 0 saturated heterocycles. The van der Waals surface area contributed by atoms with Crippen LogP contribution in [-0.2, 0) is 20.0 Å². The van der Waals surface area contributed by atoms with Crippen molar-refractivity contribution in [1.82, 2.24) is 34.6 Å². The molecule has 4 rings (SSSR count). The number of nitrogens with one attached hydrogen (secondary N) is 1. The Hall–Kier alpha value is -3.55. The van der Waals surface area contributed by atoms with Crippen molar-refractivity contribution in [3.05, 3.63) is 72.2 Å². The Bertz CT molecular complexity index is 1070. The molecule has 8 nitrogen and oxygen atoms in total. The van der Waals surface area contributed by atoms with Gasteiger partial charge in [-0.05, 0) is 11.6 Å².